The molecule has 80 valence electrons. The number of amidine groups is 1. The van der Waals surface area contributed by atoms with E-state index in [1.54, 1.807) is 7.11 Å². The van der Waals surface area contributed by atoms with Crippen molar-refractivity contribution in [3.63, 3.8) is 0 Å². The minimum absolute atomic E-state index is 0.322. The fourth-order valence-electron chi connectivity index (χ4n) is 2.06. The molecule has 0 aromatic heterocycles. The van der Waals surface area contributed by atoms with Crippen LogP contribution in [0.15, 0.2) is 24.3 Å². The lowest BCUT2D eigenvalue weighted by Crippen LogP contribution is -2.33. The van der Waals surface area contributed by atoms with E-state index in [2.05, 4.69) is 29.7 Å². The van der Waals surface area contributed by atoms with Gasteiger partial charge in [-0.1, -0.05) is 18.2 Å². The zero-order chi connectivity index (χ0) is 10.8. The first kappa shape index (κ1) is 10.2. The third-order valence-corrected chi connectivity index (χ3v) is 2.88. The molecule has 0 saturated carbocycles. The van der Waals surface area contributed by atoms with Gasteiger partial charge in [0, 0.05) is 12.7 Å². The maximum atomic E-state index is 6.11. The summed E-state index contributed by atoms with van der Waals surface area (Å²) in [5.74, 6) is 0.871. The van der Waals surface area contributed by atoms with Crippen LogP contribution in [0.2, 0.25) is 0 Å². The summed E-state index contributed by atoms with van der Waals surface area (Å²) in [6.45, 7) is 3.73. The zero-order valence-electron chi connectivity index (χ0n) is 9.23. The van der Waals surface area contributed by atoms with Gasteiger partial charge in [-0.2, -0.15) is 0 Å². The average molecular weight is 205 g/mol. The predicted octanol–water partition coefficient (Wildman–Crippen LogP) is 0.953. The lowest BCUT2D eigenvalue weighted by atomic mass is 10.1. The molecule has 0 bridgehead atoms. The third kappa shape index (κ3) is 1.75. The van der Waals surface area contributed by atoms with Crippen LogP contribution in [-0.2, 0) is 11.3 Å². The van der Waals surface area contributed by atoms with Gasteiger partial charge in [-0.25, -0.2) is 0 Å². The van der Waals surface area contributed by atoms with Gasteiger partial charge in [0.2, 0.25) is 0 Å². The molecule has 0 unspecified atom stereocenters. The Morgan fingerprint density at radius 1 is 1.47 bits per heavy atom. The summed E-state index contributed by atoms with van der Waals surface area (Å²) in [5.41, 5.74) is 8.58. The van der Waals surface area contributed by atoms with E-state index in [1.807, 2.05) is 6.07 Å². The van der Waals surface area contributed by atoms with E-state index in [1.165, 1.54) is 11.1 Å². The summed E-state index contributed by atoms with van der Waals surface area (Å²) >= 11 is 0. The highest BCUT2D eigenvalue weighted by Gasteiger charge is 2.27. The van der Waals surface area contributed by atoms with Gasteiger partial charge in [-0.15, -0.1) is 0 Å². The van der Waals surface area contributed by atoms with Crippen LogP contribution in [0.4, 0.5) is 0 Å². The molecule has 3 nitrogen and oxygen atoms in total. The number of nitrogens with zero attached hydrogens (tertiary/aromatic N) is 1. The van der Waals surface area contributed by atoms with Gasteiger partial charge in [0.15, 0.2) is 0 Å². The van der Waals surface area contributed by atoms with E-state index in [4.69, 9.17) is 10.5 Å². The minimum Gasteiger partial charge on any atom is -0.380 e. The normalized spacial score (nSPS) is 16.7. The van der Waals surface area contributed by atoms with Crippen molar-refractivity contribution in [2.24, 2.45) is 5.73 Å². The smallest absolute Gasteiger partial charge is 0.275 e. The van der Waals surface area contributed by atoms with Crippen molar-refractivity contribution in [2.75, 3.05) is 13.7 Å². The SMILES string of the molecule is COC[C@@H](C)[N+]1=C(N)c2ccccc2C1. The van der Waals surface area contributed by atoms with Gasteiger partial charge in [0.25, 0.3) is 5.84 Å². The molecule has 15 heavy (non-hydrogen) atoms. The Balaban J connectivity index is 2.29. The number of rotatable bonds is 3. The number of benzene rings is 1. The standard InChI is InChI=1S/C12H16N2O/c1-9(8-15-2)14-7-10-5-3-4-6-11(10)12(14)13/h3-6,9,13H,7-8H2,1-2H3/p+1/t9-/m1/s1. The highest BCUT2D eigenvalue weighted by atomic mass is 16.5. The molecule has 2 N–H and O–H groups in total. The first-order valence-corrected chi connectivity index (χ1v) is 5.20. The topological polar surface area (TPSA) is 38.3 Å². The molecule has 1 aliphatic heterocycles. The van der Waals surface area contributed by atoms with E-state index >= 15 is 0 Å². The summed E-state index contributed by atoms with van der Waals surface area (Å²) in [6, 6.07) is 8.60. The second-order valence-corrected chi connectivity index (χ2v) is 3.97. The monoisotopic (exact) mass is 205 g/mol. The number of ether oxygens (including phenoxy) is 1. The van der Waals surface area contributed by atoms with Crippen molar-refractivity contribution in [1.29, 1.82) is 0 Å². The van der Waals surface area contributed by atoms with Crippen molar-refractivity contribution in [1.82, 2.24) is 0 Å². The van der Waals surface area contributed by atoms with Gasteiger partial charge < -0.3 is 4.74 Å². The molecule has 0 saturated heterocycles. The Bertz CT molecular complexity index is 398. The fourth-order valence-corrected chi connectivity index (χ4v) is 2.06. The van der Waals surface area contributed by atoms with Crippen molar-refractivity contribution < 1.29 is 9.31 Å². The van der Waals surface area contributed by atoms with E-state index in [0.717, 1.165) is 12.4 Å². The van der Waals surface area contributed by atoms with Crippen LogP contribution >= 0.6 is 0 Å². The Hall–Kier alpha value is -1.35. The molecule has 2 rings (SSSR count). The van der Waals surface area contributed by atoms with Crippen LogP contribution in [0, 0.1) is 0 Å². The van der Waals surface area contributed by atoms with E-state index in [9.17, 15) is 0 Å². The molecule has 0 spiro atoms. The van der Waals surface area contributed by atoms with Gasteiger partial charge in [0.1, 0.15) is 12.6 Å². The summed E-state index contributed by atoms with van der Waals surface area (Å²) in [4.78, 5) is 0. The molecule has 0 amide bonds. The quantitative estimate of drug-likeness (QED) is 0.746. The highest BCUT2D eigenvalue weighted by Crippen LogP contribution is 2.17. The van der Waals surface area contributed by atoms with Gasteiger partial charge in [0.05, 0.1) is 12.2 Å². The Morgan fingerprint density at radius 2 is 2.20 bits per heavy atom. The fraction of sp³-hybridized carbons (Fsp3) is 0.417. The molecule has 0 radical (unpaired) electrons. The van der Waals surface area contributed by atoms with Crippen LogP contribution in [0.3, 0.4) is 0 Å². The van der Waals surface area contributed by atoms with Crippen LogP contribution in [0.5, 0.6) is 0 Å². The van der Waals surface area contributed by atoms with Crippen LogP contribution in [0.25, 0.3) is 0 Å². The molecule has 3 heteroatoms. The molecule has 1 aromatic carbocycles. The third-order valence-electron chi connectivity index (χ3n) is 2.88. The maximum absolute atomic E-state index is 6.11. The lowest BCUT2D eigenvalue weighted by Gasteiger charge is -2.11. The molecule has 0 aliphatic carbocycles. The van der Waals surface area contributed by atoms with Gasteiger partial charge in [-0.05, 0) is 13.0 Å². The summed E-state index contributed by atoms with van der Waals surface area (Å²) in [5, 5.41) is 0. The van der Waals surface area contributed by atoms with Crippen molar-refractivity contribution in [2.45, 2.75) is 19.5 Å². The van der Waals surface area contributed by atoms with Crippen LogP contribution < -0.4 is 5.73 Å². The predicted molar refractivity (Wildman–Crippen MR) is 60.0 cm³/mol. The first-order chi connectivity index (χ1) is 7.24. The first-order valence-electron chi connectivity index (χ1n) is 5.20. The number of hydrogen-bond donors (Lipinski definition) is 1. The van der Waals surface area contributed by atoms with Crippen molar-refractivity contribution in [3.05, 3.63) is 35.4 Å². The average Bonchev–Trinajstić information content (AvgIpc) is 2.57. The molecule has 1 aromatic rings. The Labute approximate surface area is 90.2 Å². The molecular weight excluding hydrogens is 188 g/mol. The van der Waals surface area contributed by atoms with Gasteiger partial charge >= 0.3 is 0 Å². The summed E-state index contributed by atoms with van der Waals surface area (Å²) in [7, 11) is 1.72. The summed E-state index contributed by atoms with van der Waals surface area (Å²) < 4.78 is 7.34. The largest absolute Gasteiger partial charge is 0.380 e. The number of nitrogens with two attached hydrogens (primary N) is 1. The van der Waals surface area contributed by atoms with E-state index < -0.39 is 0 Å². The van der Waals surface area contributed by atoms with Crippen LogP contribution in [-0.4, -0.2) is 30.2 Å². The molecule has 0 fully saturated rings. The van der Waals surface area contributed by atoms with Crippen molar-refractivity contribution >= 4 is 5.84 Å². The lowest BCUT2D eigenvalue weighted by molar-refractivity contribution is -0.576. The Morgan fingerprint density at radius 3 is 2.87 bits per heavy atom. The highest BCUT2D eigenvalue weighted by molar-refractivity contribution is 5.96. The second kappa shape index (κ2) is 4.03. The number of fused-ring (bicyclic) bond motifs is 1. The minimum atomic E-state index is 0.322. The van der Waals surface area contributed by atoms with E-state index in [0.29, 0.717) is 12.6 Å². The van der Waals surface area contributed by atoms with Crippen molar-refractivity contribution in [3.8, 4) is 0 Å². The molecule has 1 heterocycles. The molecule has 1 atom stereocenters. The molecular formula is C12H17N2O+. The number of methoxy groups -OCH3 is 1. The second-order valence-electron chi connectivity index (χ2n) is 3.97. The number of hydrogen-bond acceptors (Lipinski definition) is 2. The van der Waals surface area contributed by atoms with E-state index in [-0.39, 0.29) is 0 Å². The molecule has 1 aliphatic rings. The summed E-state index contributed by atoms with van der Waals surface area (Å²) in [6.07, 6.45) is 0. The van der Waals surface area contributed by atoms with Crippen LogP contribution in [0.1, 0.15) is 18.1 Å². The maximum Gasteiger partial charge on any atom is 0.275 e. The van der Waals surface area contributed by atoms with Gasteiger partial charge in [-0.3, -0.25) is 10.3 Å². The zero-order valence-corrected chi connectivity index (χ0v) is 9.23. The Kier molecular flexibility index (Phi) is 2.73.